The molecule has 0 bridgehead atoms. The van der Waals surface area contributed by atoms with Crippen molar-refractivity contribution >= 4 is 28.7 Å². The van der Waals surface area contributed by atoms with Crippen LogP contribution >= 0.6 is 11.8 Å². The Balaban J connectivity index is 1.91. The number of para-hydroxylation sites is 2. The van der Waals surface area contributed by atoms with Gasteiger partial charge in [0.05, 0.1) is 16.8 Å². The largest absolute Gasteiger partial charge is 0.355 e. The van der Waals surface area contributed by atoms with Crippen LogP contribution in [0.4, 0.5) is 0 Å². The van der Waals surface area contributed by atoms with E-state index in [2.05, 4.69) is 48.6 Å². The molecule has 2 aromatic rings. The maximum Gasteiger partial charge on any atom is 0.230 e. The number of aromatic nitrogens is 2. The summed E-state index contributed by atoms with van der Waals surface area (Å²) in [6, 6.07) is 8.16. The van der Waals surface area contributed by atoms with Crippen molar-refractivity contribution in [3.8, 4) is 0 Å². The Labute approximate surface area is 136 Å². The molecule has 1 heterocycles. The van der Waals surface area contributed by atoms with Crippen molar-refractivity contribution in [2.75, 3.05) is 12.3 Å². The van der Waals surface area contributed by atoms with E-state index >= 15 is 0 Å². The maximum atomic E-state index is 11.8. The van der Waals surface area contributed by atoms with Crippen molar-refractivity contribution in [3.05, 3.63) is 30.1 Å². The second-order valence-electron chi connectivity index (χ2n) is 6.26. The van der Waals surface area contributed by atoms with Gasteiger partial charge in [-0.1, -0.05) is 32.9 Å². The van der Waals surface area contributed by atoms with Gasteiger partial charge in [-0.05, 0) is 19.1 Å². The fourth-order valence-electron chi connectivity index (χ4n) is 2.32. The van der Waals surface area contributed by atoms with E-state index in [1.807, 2.05) is 18.2 Å². The lowest BCUT2D eigenvalue weighted by molar-refractivity contribution is -0.118. The van der Waals surface area contributed by atoms with Crippen molar-refractivity contribution in [2.45, 2.75) is 45.4 Å². The highest BCUT2D eigenvalue weighted by Gasteiger charge is 2.13. The van der Waals surface area contributed by atoms with Crippen molar-refractivity contribution in [3.63, 3.8) is 0 Å². The minimum Gasteiger partial charge on any atom is -0.355 e. The molecule has 0 spiro atoms. The van der Waals surface area contributed by atoms with E-state index in [1.54, 1.807) is 11.8 Å². The van der Waals surface area contributed by atoms with Gasteiger partial charge < -0.3 is 9.88 Å². The van der Waals surface area contributed by atoms with Gasteiger partial charge >= 0.3 is 0 Å². The summed E-state index contributed by atoms with van der Waals surface area (Å²) in [5.41, 5.74) is 2.18. The molecule has 0 fully saturated rings. The van der Waals surface area contributed by atoms with Gasteiger partial charge in [-0.25, -0.2) is 4.98 Å². The van der Waals surface area contributed by atoms with Gasteiger partial charge in [-0.2, -0.15) is 0 Å². The van der Waals surface area contributed by atoms with Gasteiger partial charge in [0.1, 0.15) is 5.82 Å². The van der Waals surface area contributed by atoms with E-state index in [9.17, 15) is 4.79 Å². The summed E-state index contributed by atoms with van der Waals surface area (Å²) in [4.78, 5) is 16.5. The number of thioether (sulfide) groups is 1. The van der Waals surface area contributed by atoms with Gasteiger partial charge in [-0.3, -0.25) is 4.79 Å². The van der Waals surface area contributed by atoms with Crippen LogP contribution < -0.4 is 5.32 Å². The normalized spacial score (nSPS) is 11.8. The summed E-state index contributed by atoms with van der Waals surface area (Å²) in [6.07, 6.45) is 0.758. The first kappa shape index (κ1) is 16.9. The Morgan fingerprint density at radius 3 is 2.73 bits per heavy atom. The van der Waals surface area contributed by atoms with Crippen LogP contribution in [0.15, 0.2) is 24.3 Å². The Bertz CT molecular complexity index is 643. The Kier molecular flexibility index (Phi) is 5.51. The van der Waals surface area contributed by atoms with Gasteiger partial charge in [0, 0.05) is 24.3 Å². The molecule has 0 unspecified atom stereocenters. The lowest BCUT2D eigenvalue weighted by Gasteiger charge is -2.17. The minimum absolute atomic E-state index is 0.0964. The molecule has 2 rings (SSSR count). The fraction of sp³-hybridized carbons (Fsp3) is 0.529. The van der Waals surface area contributed by atoms with Crippen LogP contribution in [-0.4, -0.2) is 32.5 Å². The molecule has 0 aliphatic rings. The second kappa shape index (κ2) is 7.18. The maximum absolute atomic E-state index is 11.8. The third-order valence-electron chi connectivity index (χ3n) is 3.36. The number of hydrogen-bond donors (Lipinski definition) is 1. The van der Waals surface area contributed by atoms with Crippen molar-refractivity contribution in [1.29, 1.82) is 0 Å². The smallest absolute Gasteiger partial charge is 0.230 e. The molecule has 120 valence electrons. The average molecular weight is 319 g/mol. The highest BCUT2D eigenvalue weighted by atomic mass is 32.2. The van der Waals surface area contributed by atoms with E-state index in [0.717, 1.165) is 29.8 Å². The summed E-state index contributed by atoms with van der Waals surface area (Å²) in [5, 5.41) is 2.99. The van der Waals surface area contributed by atoms with E-state index in [-0.39, 0.29) is 10.7 Å². The Hall–Kier alpha value is -1.49. The molecule has 0 radical (unpaired) electrons. The van der Waals surface area contributed by atoms with Crippen molar-refractivity contribution < 1.29 is 4.79 Å². The number of aryl methyl sites for hydroxylation is 1. The van der Waals surface area contributed by atoms with Crippen molar-refractivity contribution in [1.82, 2.24) is 14.9 Å². The molecule has 1 amide bonds. The molecule has 1 aromatic heterocycles. The zero-order valence-electron chi connectivity index (χ0n) is 13.8. The van der Waals surface area contributed by atoms with E-state index in [1.165, 1.54) is 0 Å². The Morgan fingerprint density at radius 1 is 1.32 bits per heavy atom. The van der Waals surface area contributed by atoms with E-state index in [4.69, 9.17) is 0 Å². The molecule has 5 heteroatoms. The van der Waals surface area contributed by atoms with Crippen molar-refractivity contribution in [2.24, 2.45) is 0 Å². The third kappa shape index (κ3) is 4.50. The summed E-state index contributed by atoms with van der Waals surface area (Å²) < 4.78 is 2.33. The molecular weight excluding hydrogens is 294 g/mol. The lowest BCUT2D eigenvalue weighted by Crippen LogP contribution is -2.29. The number of nitrogens with zero attached hydrogens (tertiary/aromatic N) is 2. The summed E-state index contributed by atoms with van der Waals surface area (Å²) in [5.74, 6) is 1.64. The minimum atomic E-state index is 0.0964. The SMILES string of the molecule is CCn1c(CCNC(=O)CSC(C)(C)C)nc2ccccc21. The number of imidazole rings is 1. The highest BCUT2D eigenvalue weighted by molar-refractivity contribution is 8.01. The van der Waals surface area contributed by atoms with Crippen LogP contribution in [0.25, 0.3) is 11.0 Å². The predicted octanol–water partition coefficient (Wildman–Crippen LogP) is 3.25. The first-order chi connectivity index (χ1) is 10.4. The van der Waals surface area contributed by atoms with Gasteiger partial charge in [0.2, 0.25) is 5.91 Å². The first-order valence-electron chi connectivity index (χ1n) is 7.75. The fourth-order valence-corrected chi connectivity index (χ4v) is 2.98. The average Bonchev–Trinajstić information content (AvgIpc) is 2.81. The molecule has 0 saturated carbocycles. The molecule has 1 aromatic carbocycles. The molecule has 0 aliphatic carbocycles. The molecular formula is C17H25N3OS. The van der Waals surface area contributed by atoms with Gasteiger partial charge in [0.25, 0.3) is 0 Å². The summed E-state index contributed by atoms with van der Waals surface area (Å²) in [6.45, 7) is 10.0. The standard InChI is InChI=1S/C17H25N3OS/c1-5-20-14-9-7-6-8-13(14)19-15(20)10-11-18-16(21)12-22-17(2,3)4/h6-9H,5,10-12H2,1-4H3,(H,18,21). The summed E-state index contributed by atoms with van der Waals surface area (Å²) >= 11 is 1.67. The zero-order valence-corrected chi connectivity index (χ0v) is 14.7. The molecule has 0 aliphatic heterocycles. The highest BCUT2D eigenvalue weighted by Crippen LogP contribution is 2.22. The number of amides is 1. The van der Waals surface area contributed by atoms with Gasteiger partial charge in [0.15, 0.2) is 0 Å². The monoisotopic (exact) mass is 319 g/mol. The van der Waals surface area contributed by atoms with Crippen LogP contribution in [0, 0.1) is 0 Å². The van der Waals surface area contributed by atoms with E-state index in [0.29, 0.717) is 12.3 Å². The number of carbonyl (C=O) groups is 1. The number of fused-ring (bicyclic) bond motifs is 1. The number of benzene rings is 1. The van der Waals surface area contributed by atoms with Crippen LogP contribution in [0.2, 0.25) is 0 Å². The lowest BCUT2D eigenvalue weighted by atomic mass is 10.3. The summed E-state index contributed by atoms with van der Waals surface area (Å²) in [7, 11) is 0. The van der Waals surface area contributed by atoms with Crippen LogP contribution in [0.1, 0.15) is 33.5 Å². The van der Waals surface area contributed by atoms with Crippen LogP contribution in [0.3, 0.4) is 0 Å². The molecule has 0 atom stereocenters. The molecule has 1 N–H and O–H groups in total. The first-order valence-corrected chi connectivity index (χ1v) is 8.74. The van der Waals surface area contributed by atoms with E-state index < -0.39 is 0 Å². The Morgan fingerprint density at radius 2 is 2.05 bits per heavy atom. The predicted molar refractivity (Wildman–Crippen MR) is 94.3 cm³/mol. The number of nitrogens with one attached hydrogen (secondary N) is 1. The topological polar surface area (TPSA) is 46.9 Å². The van der Waals surface area contributed by atoms with Crippen LogP contribution in [0.5, 0.6) is 0 Å². The third-order valence-corrected chi connectivity index (χ3v) is 4.63. The number of carbonyl (C=O) groups excluding carboxylic acids is 1. The molecule has 22 heavy (non-hydrogen) atoms. The zero-order chi connectivity index (χ0) is 16.2. The van der Waals surface area contributed by atoms with Gasteiger partial charge in [-0.15, -0.1) is 11.8 Å². The van der Waals surface area contributed by atoms with Crippen LogP contribution in [-0.2, 0) is 17.8 Å². The molecule has 0 saturated heterocycles. The number of hydrogen-bond acceptors (Lipinski definition) is 3. The molecule has 4 nitrogen and oxygen atoms in total. The second-order valence-corrected chi connectivity index (χ2v) is 8.06. The number of rotatable bonds is 6. The quantitative estimate of drug-likeness (QED) is 0.889.